The molecule has 2 unspecified atom stereocenters. The van der Waals surface area contributed by atoms with Gasteiger partial charge in [0.25, 0.3) is 0 Å². The molecule has 7 heteroatoms. The third kappa shape index (κ3) is 6.46. The molecule has 1 heterocycles. The summed E-state index contributed by atoms with van der Waals surface area (Å²) in [5.74, 6) is 4.18. The average Bonchev–Trinajstić information content (AvgIpc) is 2.96. The molecule has 0 amide bonds. The van der Waals surface area contributed by atoms with Crippen molar-refractivity contribution in [2.45, 2.75) is 59.2 Å². The summed E-state index contributed by atoms with van der Waals surface area (Å²) < 4.78 is 2.01. The first-order valence-corrected chi connectivity index (χ1v) is 9.95. The van der Waals surface area contributed by atoms with Crippen LogP contribution in [-0.2, 0) is 20.1 Å². The molecule has 0 aliphatic heterocycles. The zero-order chi connectivity index (χ0) is 19.2. The molecule has 0 bridgehead atoms. The molecule has 1 fully saturated rings. The van der Waals surface area contributed by atoms with Gasteiger partial charge in [0, 0.05) is 13.1 Å². The molecule has 28 heavy (non-hydrogen) atoms. The molecule has 2 aromatic rings. The van der Waals surface area contributed by atoms with Crippen LogP contribution in [0.5, 0.6) is 0 Å². The maximum Gasteiger partial charge on any atom is 0.192 e. The Morgan fingerprint density at radius 1 is 1.11 bits per heavy atom. The molecule has 1 aromatic heterocycles. The van der Waals surface area contributed by atoms with Gasteiger partial charge in [-0.2, -0.15) is 0 Å². The molecule has 1 aliphatic carbocycles. The van der Waals surface area contributed by atoms with Gasteiger partial charge < -0.3 is 15.2 Å². The number of hydrogen-bond donors (Lipinski definition) is 2. The van der Waals surface area contributed by atoms with E-state index in [-0.39, 0.29) is 24.0 Å². The van der Waals surface area contributed by atoms with Crippen LogP contribution in [-0.4, -0.2) is 26.8 Å². The van der Waals surface area contributed by atoms with Crippen molar-refractivity contribution in [1.82, 2.24) is 25.4 Å². The number of nitrogens with one attached hydrogen (secondary N) is 2. The Kier molecular flexibility index (Phi) is 8.72. The van der Waals surface area contributed by atoms with Crippen LogP contribution in [0.15, 0.2) is 35.3 Å². The molecular weight excluding hydrogens is 463 g/mol. The fraction of sp³-hybridized carbons (Fsp3) is 0.571. The Morgan fingerprint density at radius 2 is 1.79 bits per heavy atom. The van der Waals surface area contributed by atoms with Crippen LogP contribution in [0, 0.1) is 18.8 Å². The summed E-state index contributed by atoms with van der Waals surface area (Å²) in [6, 6.07) is 10.8. The van der Waals surface area contributed by atoms with E-state index in [1.54, 1.807) is 0 Å². The van der Waals surface area contributed by atoms with Crippen LogP contribution in [0.1, 0.15) is 50.3 Å². The standard InChI is InChI=1S/C21H32N6.HI/c1-15-10-16(2)12-19(11-15)24-21(22-13-18-8-6-5-7-9-18)23-14-20-26-25-17(3)27(20)4;/h5-9,15-16,19H,10-14H2,1-4H3,(H2,22,23,24);1H. The quantitative estimate of drug-likeness (QED) is 0.376. The highest BCUT2D eigenvalue weighted by Crippen LogP contribution is 2.28. The largest absolute Gasteiger partial charge is 0.354 e. The van der Waals surface area contributed by atoms with Crippen LogP contribution < -0.4 is 10.6 Å². The summed E-state index contributed by atoms with van der Waals surface area (Å²) in [4.78, 5) is 4.83. The minimum Gasteiger partial charge on any atom is -0.354 e. The lowest BCUT2D eigenvalue weighted by Gasteiger charge is -2.33. The SMILES string of the molecule is Cc1nnc(CNC(=NCc2ccccc2)NC2CC(C)CC(C)C2)n1C.I. The number of halogens is 1. The van der Waals surface area contributed by atoms with Gasteiger partial charge in [0.05, 0.1) is 13.1 Å². The monoisotopic (exact) mass is 496 g/mol. The molecule has 2 N–H and O–H groups in total. The van der Waals surface area contributed by atoms with Crippen LogP contribution in [0.25, 0.3) is 0 Å². The van der Waals surface area contributed by atoms with Gasteiger partial charge in [0.15, 0.2) is 11.8 Å². The van der Waals surface area contributed by atoms with Crippen molar-refractivity contribution in [2.24, 2.45) is 23.9 Å². The molecule has 0 spiro atoms. The first kappa shape index (κ1) is 22.6. The van der Waals surface area contributed by atoms with E-state index in [1.807, 2.05) is 24.6 Å². The van der Waals surface area contributed by atoms with E-state index in [9.17, 15) is 0 Å². The van der Waals surface area contributed by atoms with Gasteiger partial charge in [-0.25, -0.2) is 4.99 Å². The molecular formula is C21H33IN6. The highest BCUT2D eigenvalue weighted by atomic mass is 127. The summed E-state index contributed by atoms with van der Waals surface area (Å²) in [6.07, 6.45) is 3.71. The van der Waals surface area contributed by atoms with Crippen LogP contribution in [0.2, 0.25) is 0 Å². The Bertz CT molecular complexity index is 748. The molecule has 0 saturated heterocycles. The number of aromatic nitrogens is 3. The molecule has 1 aromatic carbocycles. The number of hydrogen-bond acceptors (Lipinski definition) is 3. The first-order chi connectivity index (χ1) is 13.0. The van der Waals surface area contributed by atoms with Crippen molar-refractivity contribution in [3.05, 3.63) is 47.5 Å². The van der Waals surface area contributed by atoms with E-state index in [0.717, 1.165) is 29.4 Å². The van der Waals surface area contributed by atoms with Gasteiger partial charge in [-0.05, 0) is 43.6 Å². The van der Waals surface area contributed by atoms with E-state index >= 15 is 0 Å². The highest BCUT2D eigenvalue weighted by molar-refractivity contribution is 14.0. The maximum atomic E-state index is 4.83. The van der Waals surface area contributed by atoms with Gasteiger partial charge in [0.1, 0.15) is 5.82 Å². The molecule has 1 aliphatic rings. The van der Waals surface area contributed by atoms with E-state index in [0.29, 0.717) is 19.1 Å². The second-order valence-electron chi connectivity index (χ2n) is 7.99. The minimum absolute atomic E-state index is 0. The van der Waals surface area contributed by atoms with E-state index in [2.05, 4.69) is 58.9 Å². The lowest BCUT2D eigenvalue weighted by Crippen LogP contribution is -2.46. The van der Waals surface area contributed by atoms with Crippen molar-refractivity contribution < 1.29 is 0 Å². The van der Waals surface area contributed by atoms with E-state index < -0.39 is 0 Å². The molecule has 6 nitrogen and oxygen atoms in total. The fourth-order valence-corrected chi connectivity index (χ4v) is 3.93. The number of guanidine groups is 1. The summed E-state index contributed by atoms with van der Waals surface area (Å²) >= 11 is 0. The third-order valence-electron chi connectivity index (χ3n) is 5.38. The number of nitrogens with zero attached hydrogens (tertiary/aromatic N) is 4. The van der Waals surface area contributed by atoms with Gasteiger partial charge in [-0.1, -0.05) is 44.2 Å². The molecule has 3 rings (SSSR count). The second-order valence-corrected chi connectivity index (χ2v) is 7.99. The number of aliphatic imine (C=N–C) groups is 1. The Hall–Kier alpha value is -1.64. The molecule has 0 radical (unpaired) electrons. The van der Waals surface area contributed by atoms with Gasteiger partial charge in [-0.15, -0.1) is 34.2 Å². The lowest BCUT2D eigenvalue weighted by molar-refractivity contribution is 0.255. The predicted molar refractivity (Wildman–Crippen MR) is 125 cm³/mol. The van der Waals surface area contributed by atoms with Crippen LogP contribution >= 0.6 is 24.0 Å². The van der Waals surface area contributed by atoms with Crippen molar-refractivity contribution in [2.75, 3.05) is 0 Å². The van der Waals surface area contributed by atoms with Crippen LogP contribution in [0.4, 0.5) is 0 Å². The van der Waals surface area contributed by atoms with Gasteiger partial charge in [-0.3, -0.25) is 0 Å². The fourth-order valence-electron chi connectivity index (χ4n) is 3.93. The number of rotatable bonds is 5. The summed E-state index contributed by atoms with van der Waals surface area (Å²) in [5, 5.41) is 15.5. The molecule has 2 atom stereocenters. The number of aryl methyl sites for hydroxylation is 1. The van der Waals surface area contributed by atoms with Gasteiger partial charge in [0.2, 0.25) is 0 Å². The van der Waals surface area contributed by atoms with E-state index in [1.165, 1.54) is 24.8 Å². The smallest absolute Gasteiger partial charge is 0.192 e. The van der Waals surface area contributed by atoms with Crippen LogP contribution in [0.3, 0.4) is 0 Å². The highest BCUT2D eigenvalue weighted by Gasteiger charge is 2.24. The van der Waals surface area contributed by atoms with Crippen molar-refractivity contribution >= 4 is 29.9 Å². The van der Waals surface area contributed by atoms with Crippen molar-refractivity contribution in [1.29, 1.82) is 0 Å². The normalized spacial score (nSPS) is 22.4. The van der Waals surface area contributed by atoms with Crippen molar-refractivity contribution in [3.8, 4) is 0 Å². The Morgan fingerprint density at radius 3 is 2.39 bits per heavy atom. The summed E-state index contributed by atoms with van der Waals surface area (Å²) in [6.45, 7) is 7.92. The zero-order valence-electron chi connectivity index (χ0n) is 17.4. The zero-order valence-corrected chi connectivity index (χ0v) is 19.7. The van der Waals surface area contributed by atoms with Gasteiger partial charge >= 0.3 is 0 Å². The Balaban J connectivity index is 0.00000280. The number of benzene rings is 1. The Labute approximate surface area is 185 Å². The maximum absolute atomic E-state index is 4.83. The molecule has 154 valence electrons. The molecule has 1 saturated carbocycles. The second kappa shape index (κ2) is 10.8. The lowest BCUT2D eigenvalue weighted by atomic mass is 9.80. The summed E-state index contributed by atoms with van der Waals surface area (Å²) in [5.41, 5.74) is 1.21. The summed E-state index contributed by atoms with van der Waals surface area (Å²) in [7, 11) is 1.99. The minimum atomic E-state index is 0. The predicted octanol–water partition coefficient (Wildman–Crippen LogP) is 3.80. The first-order valence-electron chi connectivity index (χ1n) is 9.95. The average molecular weight is 496 g/mol. The van der Waals surface area contributed by atoms with Crippen molar-refractivity contribution in [3.63, 3.8) is 0 Å². The van der Waals surface area contributed by atoms with E-state index in [4.69, 9.17) is 4.99 Å². The third-order valence-corrected chi connectivity index (χ3v) is 5.38. The topological polar surface area (TPSA) is 67.1 Å².